The molecular weight excluding hydrogens is 468 g/mol. The molecule has 186 valence electrons. The number of carbonyl (C=O) groups is 3. The van der Waals surface area contributed by atoms with Gasteiger partial charge in [-0.05, 0) is 80.7 Å². The highest BCUT2D eigenvalue weighted by Gasteiger charge is 2.47. The molecular formula is C25H24F4N2O4. The van der Waals surface area contributed by atoms with E-state index in [1.807, 2.05) is 0 Å². The first-order chi connectivity index (χ1) is 16.5. The van der Waals surface area contributed by atoms with Gasteiger partial charge < -0.3 is 10.5 Å². The number of esters is 1. The van der Waals surface area contributed by atoms with Crippen LogP contribution in [-0.2, 0) is 15.7 Å². The second-order valence-corrected chi connectivity index (χ2v) is 9.18. The van der Waals surface area contributed by atoms with Gasteiger partial charge in [-0.15, -0.1) is 0 Å². The van der Waals surface area contributed by atoms with Gasteiger partial charge in [-0.25, -0.2) is 14.2 Å². The minimum Gasteiger partial charge on any atom is -0.444 e. The molecule has 4 rings (SSSR count). The maximum atomic E-state index is 13.6. The highest BCUT2D eigenvalue weighted by molar-refractivity contribution is 5.99. The monoisotopic (exact) mass is 492 g/mol. The van der Waals surface area contributed by atoms with Crippen molar-refractivity contribution < 1.29 is 36.7 Å². The highest BCUT2D eigenvalue weighted by Crippen LogP contribution is 2.40. The number of nitrogens with two attached hydrogens (primary N) is 1. The number of primary amides is 1. The maximum Gasteiger partial charge on any atom is 0.417 e. The molecule has 2 N–H and O–H groups in total. The summed E-state index contributed by atoms with van der Waals surface area (Å²) in [6, 6.07) is 5.16. The Morgan fingerprint density at radius 2 is 1.71 bits per heavy atom. The van der Waals surface area contributed by atoms with Gasteiger partial charge >= 0.3 is 12.1 Å². The average Bonchev–Trinajstić information content (AvgIpc) is 2.80. The fourth-order valence-electron chi connectivity index (χ4n) is 4.77. The molecule has 0 aliphatic heterocycles. The number of rotatable bonds is 6. The van der Waals surface area contributed by atoms with Gasteiger partial charge in [0.25, 0.3) is 5.91 Å². The van der Waals surface area contributed by atoms with Crippen molar-refractivity contribution >= 4 is 17.7 Å². The smallest absolute Gasteiger partial charge is 0.417 e. The predicted molar refractivity (Wildman–Crippen MR) is 116 cm³/mol. The quantitative estimate of drug-likeness (QED) is 0.349. The van der Waals surface area contributed by atoms with Crippen molar-refractivity contribution in [2.75, 3.05) is 0 Å². The first-order valence-corrected chi connectivity index (χ1v) is 11.4. The molecule has 2 saturated carbocycles. The SMILES string of the molecule is NC(=O)C1(OC(=O)c2ccc(C3CCC(C(=O)c4cc(F)ccc4C(F)(F)F)CC3)cn2)CCC1. The minimum absolute atomic E-state index is 0.00908. The van der Waals surface area contributed by atoms with Crippen molar-refractivity contribution in [1.29, 1.82) is 0 Å². The number of pyridine rings is 1. The number of hydrogen-bond acceptors (Lipinski definition) is 5. The van der Waals surface area contributed by atoms with Gasteiger partial charge in [0.2, 0.25) is 0 Å². The van der Waals surface area contributed by atoms with Crippen molar-refractivity contribution in [3.63, 3.8) is 0 Å². The number of ketones is 1. The molecule has 2 fully saturated rings. The van der Waals surface area contributed by atoms with Gasteiger partial charge in [0.15, 0.2) is 11.4 Å². The molecule has 0 saturated heterocycles. The number of carbonyl (C=O) groups excluding carboxylic acids is 3. The van der Waals surface area contributed by atoms with E-state index in [1.165, 1.54) is 12.3 Å². The summed E-state index contributed by atoms with van der Waals surface area (Å²) in [4.78, 5) is 40.9. The zero-order chi connectivity index (χ0) is 25.4. The molecule has 0 atom stereocenters. The van der Waals surface area contributed by atoms with Crippen LogP contribution < -0.4 is 5.73 Å². The van der Waals surface area contributed by atoms with E-state index in [9.17, 15) is 31.9 Å². The van der Waals surface area contributed by atoms with Gasteiger partial charge in [0.05, 0.1) is 5.56 Å². The highest BCUT2D eigenvalue weighted by atomic mass is 19.4. The summed E-state index contributed by atoms with van der Waals surface area (Å²) in [5.74, 6) is -3.64. The van der Waals surface area contributed by atoms with Crippen molar-refractivity contribution in [3.05, 3.63) is 64.7 Å². The van der Waals surface area contributed by atoms with Crippen LogP contribution in [-0.4, -0.2) is 28.2 Å². The Labute approximate surface area is 198 Å². The standard InChI is InChI=1S/C25H24F4N2O4/c26-17-7-8-19(25(27,28)29)18(12-17)21(32)15-4-2-14(3-5-15)16-6-9-20(31-13-16)22(33)35-24(23(30)34)10-1-11-24/h6-9,12-15H,1-5,10-11H2,(H2,30,34). The van der Waals surface area contributed by atoms with E-state index in [4.69, 9.17) is 10.5 Å². The Morgan fingerprint density at radius 1 is 1.03 bits per heavy atom. The van der Waals surface area contributed by atoms with Crippen LogP contribution in [0, 0.1) is 11.7 Å². The number of halogens is 4. The average molecular weight is 492 g/mol. The van der Waals surface area contributed by atoms with Gasteiger partial charge in [0.1, 0.15) is 11.5 Å². The third-order valence-electron chi connectivity index (χ3n) is 7.02. The van der Waals surface area contributed by atoms with E-state index < -0.39 is 52.3 Å². The number of alkyl halides is 3. The zero-order valence-electron chi connectivity index (χ0n) is 18.7. The first-order valence-electron chi connectivity index (χ1n) is 11.4. The van der Waals surface area contributed by atoms with E-state index in [0.29, 0.717) is 56.7 Å². The van der Waals surface area contributed by atoms with Crippen LogP contribution in [0.5, 0.6) is 0 Å². The Kier molecular flexibility index (Phi) is 6.66. The molecule has 2 aliphatic carbocycles. The molecule has 1 aromatic carbocycles. The number of benzene rings is 1. The number of ether oxygens (including phenoxy) is 1. The lowest BCUT2D eigenvalue weighted by Gasteiger charge is -2.37. The topological polar surface area (TPSA) is 99.4 Å². The van der Waals surface area contributed by atoms with Crippen LogP contribution in [0.1, 0.15) is 82.8 Å². The number of amides is 1. The van der Waals surface area contributed by atoms with Gasteiger partial charge in [-0.2, -0.15) is 13.2 Å². The summed E-state index contributed by atoms with van der Waals surface area (Å²) in [5, 5.41) is 0. The van der Waals surface area contributed by atoms with E-state index in [1.54, 1.807) is 6.07 Å². The molecule has 1 aromatic heterocycles. The number of nitrogens with zero attached hydrogens (tertiary/aromatic N) is 1. The molecule has 0 spiro atoms. The zero-order valence-corrected chi connectivity index (χ0v) is 18.7. The fourth-order valence-corrected chi connectivity index (χ4v) is 4.77. The van der Waals surface area contributed by atoms with Gasteiger partial charge in [-0.3, -0.25) is 9.59 Å². The number of Topliss-reactive ketones (excluding diaryl/α,β-unsaturated/α-hetero) is 1. The molecule has 10 heteroatoms. The molecule has 2 aliphatic rings. The Hall–Kier alpha value is -3.30. The molecule has 1 heterocycles. The number of aromatic nitrogens is 1. The lowest BCUT2D eigenvalue weighted by Crippen LogP contribution is -2.52. The van der Waals surface area contributed by atoms with Crippen LogP contribution in [0.2, 0.25) is 0 Å². The molecule has 35 heavy (non-hydrogen) atoms. The third-order valence-corrected chi connectivity index (χ3v) is 7.02. The summed E-state index contributed by atoms with van der Waals surface area (Å²) >= 11 is 0. The predicted octanol–water partition coefficient (Wildman–Crippen LogP) is 4.96. The van der Waals surface area contributed by atoms with Crippen LogP contribution >= 0.6 is 0 Å². The largest absolute Gasteiger partial charge is 0.444 e. The molecule has 2 aromatic rings. The maximum absolute atomic E-state index is 13.6. The Morgan fingerprint density at radius 3 is 2.23 bits per heavy atom. The first kappa shape index (κ1) is 24.8. The van der Waals surface area contributed by atoms with Crippen LogP contribution in [0.25, 0.3) is 0 Å². The summed E-state index contributed by atoms with van der Waals surface area (Å²) in [6.07, 6.45) is 0.0413. The van der Waals surface area contributed by atoms with Gasteiger partial charge in [-0.1, -0.05) is 6.07 Å². The van der Waals surface area contributed by atoms with Crippen molar-refractivity contribution in [1.82, 2.24) is 4.98 Å². The van der Waals surface area contributed by atoms with Crippen LogP contribution in [0.4, 0.5) is 17.6 Å². The molecule has 6 nitrogen and oxygen atoms in total. The molecule has 0 unspecified atom stereocenters. The summed E-state index contributed by atoms with van der Waals surface area (Å²) in [6.45, 7) is 0. The lowest BCUT2D eigenvalue weighted by molar-refractivity contribution is -0.146. The van der Waals surface area contributed by atoms with E-state index in [0.717, 1.165) is 12.0 Å². The molecule has 1 amide bonds. The van der Waals surface area contributed by atoms with E-state index >= 15 is 0 Å². The fraction of sp³-hybridized carbons (Fsp3) is 0.440. The number of hydrogen-bond donors (Lipinski definition) is 1. The minimum atomic E-state index is -4.75. The van der Waals surface area contributed by atoms with Crippen LogP contribution in [0.3, 0.4) is 0 Å². The van der Waals surface area contributed by atoms with E-state index in [2.05, 4.69) is 4.98 Å². The molecule has 0 radical (unpaired) electrons. The Balaban J connectivity index is 1.39. The second kappa shape index (κ2) is 9.39. The molecule has 0 bridgehead atoms. The van der Waals surface area contributed by atoms with Gasteiger partial charge in [0, 0.05) is 17.7 Å². The van der Waals surface area contributed by atoms with Crippen molar-refractivity contribution in [2.45, 2.75) is 62.6 Å². The third kappa shape index (κ3) is 5.06. The summed E-state index contributed by atoms with van der Waals surface area (Å²) in [7, 11) is 0. The summed E-state index contributed by atoms with van der Waals surface area (Å²) in [5.41, 5.74) is 3.18. The second-order valence-electron chi connectivity index (χ2n) is 9.18. The van der Waals surface area contributed by atoms with Crippen molar-refractivity contribution in [3.8, 4) is 0 Å². The van der Waals surface area contributed by atoms with Crippen molar-refractivity contribution in [2.24, 2.45) is 11.7 Å². The van der Waals surface area contributed by atoms with Crippen LogP contribution in [0.15, 0.2) is 36.5 Å². The lowest BCUT2D eigenvalue weighted by atomic mass is 9.76. The normalized spacial score (nSPS) is 21.6. The van der Waals surface area contributed by atoms with E-state index in [-0.39, 0.29) is 11.6 Å². The summed E-state index contributed by atoms with van der Waals surface area (Å²) < 4.78 is 58.8. The Bertz CT molecular complexity index is 1140.